The largest absolute Gasteiger partial charge is 0.353 e. The lowest BCUT2D eigenvalue weighted by molar-refractivity contribution is -0.124. The molecule has 4 N–H and O–H groups in total. The summed E-state index contributed by atoms with van der Waals surface area (Å²) >= 11 is 0. The molecule has 1 saturated heterocycles. The molecule has 0 aromatic carbocycles. The van der Waals surface area contributed by atoms with Crippen LogP contribution in [0.5, 0.6) is 0 Å². The van der Waals surface area contributed by atoms with E-state index in [1.807, 2.05) is 0 Å². The van der Waals surface area contributed by atoms with E-state index in [-0.39, 0.29) is 18.4 Å². The Morgan fingerprint density at radius 3 is 3.07 bits per heavy atom. The molecule has 0 spiro atoms. The number of anilines is 1. The zero-order valence-corrected chi connectivity index (χ0v) is 7.91. The fourth-order valence-electron chi connectivity index (χ4n) is 1.30. The molecule has 1 aliphatic heterocycles. The third-order valence-corrected chi connectivity index (χ3v) is 2.09. The molecular formula is C8H11N5O2. The molecule has 1 aromatic rings. The number of hydrogen-bond acceptors (Lipinski definition) is 4. The number of rotatable bonds is 2. The fraction of sp³-hybridized carbons (Fsp3) is 0.375. The van der Waals surface area contributed by atoms with Gasteiger partial charge in [-0.3, -0.25) is 20.0 Å². The van der Waals surface area contributed by atoms with Crippen molar-refractivity contribution in [2.45, 2.75) is 6.04 Å². The predicted octanol–water partition coefficient (Wildman–Crippen LogP) is -1.56. The van der Waals surface area contributed by atoms with Gasteiger partial charge >= 0.3 is 0 Å². The van der Waals surface area contributed by atoms with Crippen LogP contribution in [-0.2, 0) is 9.59 Å². The van der Waals surface area contributed by atoms with Crippen molar-refractivity contribution in [1.82, 2.24) is 20.8 Å². The number of amides is 2. The SMILES string of the molecule is O=C1CNC(C(=O)Nc2cn[nH]c2)CN1. The van der Waals surface area contributed by atoms with Crippen LogP contribution in [-0.4, -0.2) is 41.1 Å². The zero-order valence-electron chi connectivity index (χ0n) is 7.91. The van der Waals surface area contributed by atoms with Crippen LogP contribution < -0.4 is 16.0 Å². The molecule has 2 heterocycles. The highest BCUT2D eigenvalue weighted by molar-refractivity contribution is 5.96. The Kier molecular flexibility index (Phi) is 2.64. The number of nitrogens with one attached hydrogen (secondary N) is 4. The Morgan fingerprint density at radius 2 is 2.47 bits per heavy atom. The molecule has 7 nitrogen and oxygen atoms in total. The average Bonchev–Trinajstić information content (AvgIpc) is 2.71. The lowest BCUT2D eigenvalue weighted by Gasteiger charge is -2.22. The van der Waals surface area contributed by atoms with Crippen molar-refractivity contribution >= 4 is 17.5 Å². The number of aromatic nitrogens is 2. The van der Waals surface area contributed by atoms with Crippen LogP contribution >= 0.6 is 0 Å². The maximum absolute atomic E-state index is 11.6. The van der Waals surface area contributed by atoms with Crippen molar-refractivity contribution in [2.75, 3.05) is 18.4 Å². The van der Waals surface area contributed by atoms with Gasteiger partial charge in [0.2, 0.25) is 11.8 Å². The predicted molar refractivity (Wildman–Crippen MR) is 52.0 cm³/mol. The van der Waals surface area contributed by atoms with Gasteiger partial charge in [0.15, 0.2) is 0 Å². The van der Waals surface area contributed by atoms with Crippen molar-refractivity contribution in [3.05, 3.63) is 12.4 Å². The molecule has 0 bridgehead atoms. The average molecular weight is 209 g/mol. The van der Waals surface area contributed by atoms with Crippen molar-refractivity contribution in [1.29, 1.82) is 0 Å². The standard InChI is InChI=1S/C8H11N5O2/c14-7-4-9-6(3-10-7)8(15)13-5-1-11-12-2-5/h1-2,6,9H,3-4H2,(H,10,14)(H,11,12)(H,13,15). The van der Waals surface area contributed by atoms with Crippen LogP contribution in [0.3, 0.4) is 0 Å². The number of aromatic amines is 1. The summed E-state index contributed by atoms with van der Waals surface area (Å²) in [6.07, 6.45) is 3.10. The molecule has 0 aliphatic carbocycles. The van der Waals surface area contributed by atoms with Crippen molar-refractivity contribution in [3.8, 4) is 0 Å². The molecule has 1 aliphatic rings. The first-order valence-electron chi connectivity index (χ1n) is 4.55. The van der Waals surface area contributed by atoms with Gasteiger partial charge in [0, 0.05) is 12.7 Å². The second-order valence-electron chi connectivity index (χ2n) is 3.21. The van der Waals surface area contributed by atoms with Crippen LogP contribution in [0.4, 0.5) is 5.69 Å². The molecule has 15 heavy (non-hydrogen) atoms. The number of hydrogen-bond donors (Lipinski definition) is 4. The highest BCUT2D eigenvalue weighted by atomic mass is 16.2. The van der Waals surface area contributed by atoms with Gasteiger partial charge in [-0.25, -0.2) is 0 Å². The van der Waals surface area contributed by atoms with Gasteiger partial charge in [-0.2, -0.15) is 5.10 Å². The van der Waals surface area contributed by atoms with Gasteiger partial charge in [0.05, 0.1) is 18.4 Å². The molecule has 2 rings (SSSR count). The maximum atomic E-state index is 11.6. The van der Waals surface area contributed by atoms with Crippen LogP contribution in [0.15, 0.2) is 12.4 Å². The Morgan fingerprint density at radius 1 is 1.60 bits per heavy atom. The van der Waals surface area contributed by atoms with E-state index in [2.05, 4.69) is 26.1 Å². The number of piperazine rings is 1. The van der Waals surface area contributed by atoms with E-state index in [4.69, 9.17) is 0 Å². The summed E-state index contributed by atoms with van der Waals surface area (Å²) in [5, 5.41) is 14.4. The van der Waals surface area contributed by atoms with E-state index in [0.717, 1.165) is 0 Å². The first-order valence-corrected chi connectivity index (χ1v) is 4.55. The maximum Gasteiger partial charge on any atom is 0.243 e. The van der Waals surface area contributed by atoms with Crippen molar-refractivity contribution < 1.29 is 9.59 Å². The molecule has 1 fully saturated rings. The summed E-state index contributed by atoms with van der Waals surface area (Å²) in [6.45, 7) is 0.478. The highest BCUT2D eigenvalue weighted by Gasteiger charge is 2.23. The van der Waals surface area contributed by atoms with E-state index in [1.165, 1.54) is 6.20 Å². The monoisotopic (exact) mass is 209 g/mol. The van der Waals surface area contributed by atoms with Crippen LogP contribution in [0, 0.1) is 0 Å². The van der Waals surface area contributed by atoms with Crippen LogP contribution in [0.25, 0.3) is 0 Å². The van der Waals surface area contributed by atoms with E-state index >= 15 is 0 Å². The minimum atomic E-state index is -0.391. The van der Waals surface area contributed by atoms with Gasteiger partial charge in [-0.1, -0.05) is 0 Å². The third-order valence-electron chi connectivity index (χ3n) is 2.09. The summed E-state index contributed by atoms with van der Waals surface area (Å²) < 4.78 is 0. The molecule has 2 amide bonds. The lowest BCUT2D eigenvalue weighted by atomic mass is 10.2. The fourth-order valence-corrected chi connectivity index (χ4v) is 1.30. The van der Waals surface area contributed by atoms with Gasteiger partial charge < -0.3 is 10.6 Å². The Labute approximate surface area is 85.6 Å². The summed E-state index contributed by atoms with van der Waals surface area (Å²) in [7, 11) is 0. The summed E-state index contributed by atoms with van der Waals surface area (Å²) in [5.41, 5.74) is 0.610. The molecule has 1 unspecified atom stereocenters. The number of carbonyl (C=O) groups excluding carboxylic acids is 2. The quantitative estimate of drug-likeness (QED) is 0.473. The second kappa shape index (κ2) is 4.09. The van der Waals surface area contributed by atoms with E-state index in [9.17, 15) is 9.59 Å². The molecule has 1 aromatic heterocycles. The van der Waals surface area contributed by atoms with Gasteiger partial charge in [-0.05, 0) is 0 Å². The van der Waals surface area contributed by atoms with Gasteiger partial charge in [0.1, 0.15) is 6.04 Å². The van der Waals surface area contributed by atoms with Crippen LogP contribution in [0.2, 0.25) is 0 Å². The molecule has 0 saturated carbocycles. The highest BCUT2D eigenvalue weighted by Crippen LogP contribution is 2.02. The van der Waals surface area contributed by atoms with Crippen molar-refractivity contribution in [2.24, 2.45) is 0 Å². The van der Waals surface area contributed by atoms with Crippen molar-refractivity contribution in [3.63, 3.8) is 0 Å². The van der Waals surface area contributed by atoms with E-state index in [1.54, 1.807) is 6.20 Å². The topological polar surface area (TPSA) is 98.9 Å². The minimum Gasteiger partial charge on any atom is -0.353 e. The first kappa shape index (κ1) is 9.66. The van der Waals surface area contributed by atoms with Gasteiger partial charge in [-0.15, -0.1) is 0 Å². The molecule has 1 atom stereocenters. The lowest BCUT2D eigenvalue weighted by Crippen LogP contribution is -2.56. The molecule has 7 heteroatoms. The first-order chi connectivity index (χ1) is 7.25. The number of H-pyrrole nitrogens is 1. The molecule has 0 radical (unpaired) electrons. The number of nitrogens with zero attached hydrogens (tertiary/aromatic N) is 1. The molecular weight excluding hydrogens is 198 g/mol. The van der Waals surface area contributed by atoms with E-state index in [0.29, 0.717) is 12.2 Å². The minimum absolute atomic E-state index is 0.0950. The smallest absolute Gasteiger partial charge is 0.243 e. The summed E-state index contributed by atoms with van der Waals surface area (Å²) in [5.74, 6) is -0.279. The number of carbonyl (C=O) groups is 2. The Balaban J connectivity index is 1.89. The van der Waals surface area contributed by atoms with Crippen LogP contribution in [0.1, 0.15) is 0 Å². The normalized spacial score (nSPS) is 20.8. The van der Waals surface area contributed by atoms with E-state index < -0.39 is 6.04 Å². The molecule has 80 valence electrons. The summed E-state index contributed by atoms with van der Waals surface area (Å²) in [6, 6.07) is -0.391. The third kappa shape index (κ3) is 2.32. The summed E-state index contributed by atoms with van der Waals surface area (Å²) in [4.78, 5) is 22.4. The zero-order chi connectivity index (χ0) is 10.7. The second-order valence-corrected chi connectivity index (χ2v) is 3.21. The Bertz CT molecular complexity index is 351. The Hall–Kier alpha value is -1.89. The van der Waals surface area contributed by atoms with Gasteiger partial charge in [0.25, 0.3) is 0 Å².